The summed E-state index contributed by atoms with van der Waals surface area (Å²) in [6.45, 7) is 1.19. The second-order valence-electron chi connectivity index (χ2n) is 8.16. The highest BCUT2D eigenvalue weighted by Gasteiger charge is 2.12. The van der Waals surface area contributed by atoms with Gasteiger partial charge in [-0.2, -0.15) is 8.42 Å². The molecule has 15 heteroatoms. The second-order valence-corrected chi connectivity index (χ2v) is 9.73. The molecule has 0 bridgehead atoms. The molecule has 0 unspecified atom stereocenters. The molecule has 0 aromatic carbocycles. The van der Waals surface area contributed by atoms with Crippen LogP contribution >= 0.6 is 0 Å². The molecule has 1 fully saturated rings. The number of carboxylic acid groups (broad SMARTS) is 2. The Hall–Kier alpha value is -1.43. The van der Waals surface area contributed by atoms with Crippen molar-refractivity contribution in [2.75, 3.05) is 78.0 Å². The van der Waals surface area contributed by atoms with E-state index < -0.39 is 22.1 Å². The molecule has 0 saturated heterocycles. The highest BCUT2D eigenvalue weighted by molar-refractivity contribution is 7.85. The lowest BCUT2D eigenvalue weighted by Gasteiger charge is -2.22. The minimum atomic E-state index is -3.77. The Labute approximate surface area is 213 Å². The molecule has 0 amide bonds. The van der Waals surface area contributed by atoms with E-state index in [0.29, 0.717) is 19.0 Å². The molecular weight excluding hydrogens is 502 g/mol. The number of hydrogen-bond donors (Lipinski definition) is 8. The average molecular weight is 548 g/mol. The van der Waals surface area contributed by atoms with Gasteiger partial charge in [-0.3, -0.25) is 23.9 Å². The highest BCUT2D eigenvalue weighted by atomic mass is 32.2. The fourth-order valence-electron chi connectivity index (χ4n) is 3.36. The van der Waals surface area contributed by atoms with Gasteiger partial charge in [-0.25, -0.2) is 0 Å². The summed E-state index contributed by atoms with van der Waals surface area (Å²) >= 11 is 0. The van der Waals surface area contributed by atoms with Gasteiger partial charge in [0.1, 0.15) is 0 Å². The van der Waals surface area contributed by atoms with Crippen LogP contribution in [-0.4, -0.2) is 149 Å². The summed E-state index contributed by atoms with van der Waals surface area (Å²) in [6, 6.07) is 0.560. The number of carboxylic acids is 2. The lowest BCUT2D eigenvalue weighted by atomic mass is 9.95. The highest BCUT2D eigenvalue weighted by Crippen LogP contribution is 2.17. The first-order chi connectivity index (χ1) is 17.0. The second kappa shape index (κ2) is 23.9. The number of hydrogen-bond acceptors (Lipinski definition) is 11. The number of nitrogens with zero attached hydrogens (tertiary/aromatic N) is 2. The summed E-state index contributed by atoms with van der Waals surface area (Å²) in [5.41, 5.74) is 0. The van der Waals surface area contributed by atoms with Crippen molar-refractivity contribution >= 4 is 22.1 Å². The van der Waals surface area contributed by atoms with Crippen molar-refractivity contribution in [3.63, 3.8) is 0 Å². The van der Waals surface area contributed by atoms with Crippen molar-refractivity contribution in [3.8, 4) is 0 Å². The van der Waals surface area contributed by atoms with E-state index >= 15 is 0 Å². The van der Waals surface area contributed by atoms with Gasteiger partial charge in [-0.05, 0) is 25.8 Å². The molecule has 1 aliphatic carbocycles. The van der Waals surface area contributed by atoms with Crippen LogP contribution in [0.4, 0.5) is 0 Å². The van der Waals surface area contributed by atoms with E-state index in [1.807, 2.05) is 0 Å². The average Bonchev–Trinajstić information content (AvgIpc) is 2.78. The summed E-state index contributed by atoms with van der Waals surface area (Å²) in [6.07, 6.45) is 6.77. The monoisotopic (exact) mass is 547 g/mol. The molecule has 0 aromatic heterocycles. The molecule has 1 saturated carbocycles. The van der Waals surface area contributed by atoms with E-state index in [1.54, 1.807) is 0 Å². The lowest BCUT2D eigenvalue weighted by molar-refractivity contribution is -0.139. The first-order valence-corrected chi connectivity index (χ1v) is 13.6. The number of aliphatic hydroxyl groups is 4. The summed E-state index contributed by atoms with van der Waals surface area (Å²) in [4.78, 5) is 23.2. The van der Waals surface area contributed by atoms with Gasteiger partial charge in [0.15, 0.2) is 0 Å². The van der Waals surface area contributed by atoms with Crippen LogP contribution in [0.1, 0.15) is 38.5 Å². The van der Waals surface area contributed by atoms with Crippen molar-refractivity contribution < 1.29 is 53.2 Å². The van der Waals surface area contributed by atoms with Gasteiger partial charge in [-0.1, -0.05) is 19.3 Å². The summed E-state index contributed by atoms with van der Waals surface area (Å²) < 4.78 is 29.3. The molecule has 8 N–H and O–H groups in total. The van der Waals surface area contributed by atoms with Crippen LogP contribution in [0.2, 0.25) is 0 Å². The normalized spacial score (nSPS) is 14.1. The fraction of sp³-hybridized carbons (Fsp3) is 0.905. The van der Waals surface area contributed by atoms with Crippen LogP contribution in [0.25, 0.3) is 0 Å². The Morgan fingerprint density at radius 3 is 1.44 bits per heavy atom. The predicted octanol–water partition coefficient (Wildman–Crippen LogP) is -2.10. The molecule has 1 rings (SSSR count). The van der Waals surface area contributed by atoms with Gasteiger partial charge in [0.05, 0.1) is 45.3 Å². The van der Waals surface area contributed by atoms with E-state index in [2.05, 4.69) is 5.32 Å². The van der Waals surface area contributed by atoms with Gasteiger partial charge in [0.25, 0.3) is 10.1 Å². The SMILES string of the molecule is O=C(O)CN(CCO)CCO.O=C(O)CN(CCO)CCO.O=S(=O)(O)CCCNC1CCCCC1. The topological polar surface area (TPSA) is 228 Å². The zero-order valence-corrected chi connectivity index (χ0v) is 21.7. The van der Waals surface area contributed by atoms with Crippen LogP contribution in [0, 0.1) is 0 Å². The third kappa shape index (κ3) is 27.2. The van der Waals surface area contributed by atoms with Crippen LogP contribution < -0.4 is 5.32 Å². The maximum Gasteiger partial charge on any atom is 0.317 e. The Kier molecular flexibility index (Phi) is 24.4. The smallest absolute Gasteiger partial charge is 0.317 e. The van der Waals surface area contributed by atoms with Gasteiger partial charge in [-0.15, -0.1) is 0 Å². The van der Waals surface area contributed by atoms with E-state index in [9.17, 15) is 18.0 Å². The first-order valence-electron chi connectivity index (χ1n) is 12.0. The molecule has 0 heterocycles. The maximum atomic E-state index is 10.4. The van der Waals surface area contributed by atoms with Crippen LogP contribution in [-0.2, 0) is 19.7 Å². The quantitative estimate of drug-likeness (QED) is 0.0721. The molecule has 14 nitrogen and oxygen atoms in total. The van der Waals surface area contributed by atoms with Gasteiger partial charge < -0.3 is 36.0 Å². The number of carbonyl (C=O) groups is 2. The first kappa shape index (κ1) is 36.7. The van der Waals surface area contributed by atoms with Gasteiger partial charge in [0, 0.05) is 32.2 Å². The van der Waals surface area contributed by atoms with Gasteiger partial charge >= 0.3 is 11.9 Å². The Morgan fingerprint density at radius 1 is 0.750 bits per heavy atom. The zero-order valence-electron chi connectivity index (χ0n) is 20.9. The summed E-state index contributed by atoms with van der Waals surface area (Å²) in [5, 5.41) is 53.8. The third-order valence-electron chi connectivity index (χ3n) is 5.00. The van der Waals surface area contributed by atoms with Gasteiger partial charge in [0.2, 0.25) is 0 Å². The fourth-order valence-corrected chi connectivity index (χ4v) is 3.86. The van der Waals surface area contributed by atoms with Crippen LogP contribution in [0.5, 0.6) is 0 Å². The minimum Gasteiger partial charge on any atom is -0.480 e. The summed E-state index contributed by atoms with van der Waals surface area (Å²) in [7, 11) is -3.77. The zero-order chi connectivity index (χ0) is 27.8. The number of nitrogens with one attached hydrogen (secondary N) is 1. The van der Waals surface area contributed by atoms with Crippen molar-refractivity contribution in [1.82, 2.24) is 15.1 Å². The number of aliphatic hydroxyl groups excluding tert-OH is 4. The molecule has 0 atom stereocenters. The molecule has 0 aliphatic heterocycles. The number of aliphatic carboxylic acids is 2. The number of rotatable bonds is 17. The Balaban J connectivity index is 0. The van der Waals surface area contributed by atoms with Crippen LogP contribution in [0.3, 0.4) is 0 Å². The molecule has 1 aliphatic rings. The molecule has 36 heavy (non-hydrogen) atoms. The molecule has 0 aromatic rings. The minimum absolute atomic E-state index is 0.0900. The van der Waals surface area contributed by atoms with Crippen molar-refractivity contribution in [1.29, 1.82) is 0 Å². The molecular formula is C21H45N3O11S. The maximum absolute atomic E-state index is 10.4. The van der Waals surface area contributed by atoms with E-state index in [-0.39, 0.29) is 71.4 Å². The Bertz CT molecular complexity index is 607. The van der Waals surface area contributed by atoms with E-state index in [1.165, 1.54) is 41.9 Å². The summed E-state index contributed by atoms with van der Waals surface area (Å²) in [5.74, 6) is -2.04. The van der Waals surface area contributed by atoms with Crippen molar-refractivity contribution in [2.45, 2.75) is 44.6 Å². The third-order valence-corrected chi connectivity index (χ3v) is 5.80. The van der Waals surface area contributed by atoms with Crippen LogP contribution in [0.15, 0.2) is 0 Å². The molecule has 0 spiro atoms. The van der Waals surface area contributed by atoms with E-state index in [0.717, 1.165) is 0 Å². The molecule has 0 radical (unpaired) electrons. The standard InChI is InChI=1S/C9H19NO3S.2C6H13NO4/c11-14(12,13)8-4-7-10-9-5-2-1-3-6-9;2*8-3-1-7(2-4-9)5-6(10)11/h9-10H,1-8H2,(H,11,12,13);2*8-9H,1-5H2,(H,10,11). The lowest BCUT2D eigenvalue weighted by Crippen LogP contribution is -2.34. The van der Waals surface area contributed by atoms with Crippen molar-refractivity contribution in [3.05, 3.63) is 0 Å². The predicted molar refractivity (Wildman–Crippen MR) is 132 cm³/mol. The van der Waals surface area contributed by atoms with Crippen molar-refractivity contribution in [2.24, 2.45) is 0 Å². The Morgan fingerprint density at radius 2 is 1.14 bits per heavy atom. The largest absolute Gasteiger partial charge is 0.480 e. The van der Waals surface area contributed by atoms with E-state index in [4.69, 9.17) is 35.2 Å². The molecule has 216 valence electrons.